The first-order valence-electron chi connectivity index (χ1n) is 8.25. The van der Waals surface area contributed by atoms with Crippen LogP contribution in [-0.2, 0) is 9.53 Å². The Morgan fingerprint density at radius 2 is 2.23 bits per heavy atom. The molecular formula is C18H19N5O3. The fourth-order valence-electron chi connectivity index (χ4n) is 3.46. The number of nitrogens with one attached hydrogen (secondary N) is 1. The molecule has 3 rings (SSSR count). The number of hydrogen-bond acceptors (Lipinski definition) is 6. The highest BCUT2D eigenvalue weighted by Gasteiger charge is 2.50. The van der Waals surface area contributed by atoms with Crippen LogP contribution in [0.2, 0.25) is 0 Å². The fraction of sp³-hybridized carbons (Fsp3) is 0.444. The number of carbonyl (C=O) groups excluding carboxylic acids is 1. The summed E-state index contributed by atoms with van der Waals surface area (Å²) in [7, 11) is 0. The van der Waals surface area contributed by atoms with E-state index < -0.39 is 23.7 Å². The molecule has 134 valence electrons. The lowest BCUT2D eigenvalue weighted by molar-refractivity contribution is -0.166. The van der Waals surface area contributed by atoms with E-state index in [2.05, 4.69) is 16.4 Å². The molecule has 1 fully saturated rings. The summed E-state index contributed by atoms with van der Waals surface area (Å²) in [5.74, 6) is 0.605. The highest BCUT2D eigenvalue weighted by Crippen LogP contribution is 2.45. The molecule has 0 amide bonds. The fourth-order valence-corrected chi connectivity index (χ4v) is 3.46. The third-order valence-electron chi connectivity index (χ3n) is 4.49. The molecule has 8 heteroatoms. The predicted molar refractivity (Wildman–Crippen MR) is 91.9 cm³/mol. The summed E-state index contributed by atoms with van der Waals surface area (Å²) in [6.07, 6.45) is 1.15. The van der Waals surface area contributed by atoms with Crippen molar-refractivity contribution >= 4 is 11.9 Å². The molecule has 0 spiro atoms. The quantitative estimate of drug-likeness (QED) is 0.632. The van der Waals surface area contributed by atoms with Crippen molar-refractivity contribution in [1.29, 1.82) is 10.5 Å². The first-order valence-corrected chi connectivity index (χ1v) is 8.25. The number of rotatable bonds is 2. The lowest BCUT2D eigenvalue weighted by Gasteiger charge is -2.46. The smallest absolute Gasteiger partial charge is 0.303 e. The van der Waals surface area contributed by atoms with E-state index in [4.69, 9.17) is 14.7 Å². The van der Waals surface area contributed by atoms with Crippen LogP contribution in [0, 0.1) is 22.8 Å². The molecule has 1 aromatic rings. The van der Waals surface area contributed by atoms with Gasteiger partial charge in [-0.25, -0.2) is 0 Å². The van der Waals surface area contributed by atoms with Crippen molar-refractivity contribution in [1.82, 2.24) is 10.2 Å². The zero-order valence-electron chi connectivity index (χ0n) is 14.8. The summed E-state index contributed by atoms with van der Waals surface area (Å²) in [4.78, 5) is 17.5. The minimum Gasteiger partial charge on any atom is -0.484 e. The maximum absolute atomic E-state index is 11.8. The Morgan fingerprint density at radius 3 is 2.88 bits per heavy atom. The van der Waals surface area contributed by atoms with E-state index in [0.29, 0.717) is 30.4 Å². The van der Waals surface area contributed by atoms with Crippen LogP contribution >= 0.6 is 0 Å². The standard InChI is InChI=1S/C18H19N5O3/c1-11(24)25-16-15(23-7-6-21-17(23)22-10-20)13-8-12(9-19)4-5-14(13)26-18(16,2)3/h4-5,8,15-16H,6-7H2,1-3H3,(H,21,22)/t15-,16+/m1/s1. The van der Waals surface area contributed by atoms with Crippen molar-refractivity contribution in [3.8, 4) is 18.0 Å². The largest absolute Gasteiger partial charge is 0.484 e. The van der Waals surface area contributed by atoms with Gasteiger partial charge in [0, 0.05) is 25.6 Å². The van der Waals surface area contributed by atoms with Gasteiger partial charge in [-0.1, -0.05) is 0 Å². The van der Waals surface area contributed by atoms with Crippen LogP contribution in [0.4, 0.5) is 0 Å². The van der Waals surface area contributed by atoms with Gasteiger partial charge in [0.15, 0.2) is 6.10 Å². The summed E-state index contributed by atoms with van der Waals surface area (Å²) in [5.41, 5.74) is 0.395. The van der Waals surface area contributed by atoms with Gasteiger partial charge in [0.1, 0.15) is 17.4 Å². The van der Waals surface area contributed by atoms with Gasteiger partial charge in [0.2, 0.25) is 12.2 Å². The number of carbonyl (C=O) groups is 1. The predicted octanol–water partition coefficient (Wildman–Crippen LogP) is 1.44. The molecule has 0 unspecified atom stereocenters. The van der Waals surface area contributed by atoms with Gasteiger partial charge in [-0.2, -0.15) is 10.5 Å². The van der Waals surface area contributed by atoms with Crippen molar-refractivity contribution in [2.24, 2.45) is 4.99 Å². The Kier molecular flexibility index (Phi) is 4.43. The van der Waals surface area contributed by atoms with Gasteiger partial charge in [0.05, 0.1) is 11.6 Å². The molecule has 0 aromatic heterocycles. The molecule has 2 heterocycles. The van der Waals surface area contributed by atoms with E-state index in [9.17, 15) is 10.1 Å². The number of hydrogen-bond donors (Lipinski definition) is 1. The van der Waals surface area contributed by atoms with E-state index in [0.717, 1.165) is 5.56 Å². The number of ether oxygens (including phenoxy) is 2. The van der Waals surface area contributed by atoms with Crippen LogP contribution < -0.4 is 10.1 Å². The molecular weight excluding hydrogens is 334 g/mol. The number of nitrogens with zero attached hydrogens (tertiary/aromatic N) is 4. The molecule has 26 heavy (non-hydrogen) atoms. The Bertz CT molecular complexity index is 849. The minimum absolute atomic E-state index is 0.417. The topological polar surface area (TPSA) is 111 Å². The Morgan fingerprint density at radius 1 is 1.46 bits per heavy atom. The number of nitriles is 2. The second-order valence-electron chi connectivity index (χ2n) is 6.70. The normalized spacial score (nSPS) is 24.7. The summed E-state index contributed by atoms with van der Waals surface area (Å²) in [5, 5.41) is 21.3. The first-order chi connectivity index (χ1) is 12.4. The van der Waals surface area contributed by atoms with Crippen molar-refractivity contribution < 1.29 is 14.3 Å². The summed E-state index contributed by atoms with van der Waals surface area (Å²) >= 11 is 0. The lowest BCUT2D eigenvalue weighted by Crippen LogP contribution is -2.56. The van der Waals surface area contributed by atoms with Crippen molar-refractivity contribution in [3.63, 3.8) is 0 Å². The van der Waals surface area contributed by atoms with E-state index in [1.807, 2.05) is 18.7 Å². The molecule has 1 aromatic carbocycles. The van der Waals surface area contributed by atoms with Gasteiger partial charge in [-0.3, -0.25) is 4.79 Å². The zero-order chi connectivity index (χ0) is 18.9. The van der Waals surface area contributed by atoms with Crippen LogP contribution in [0.5, 0.6) is 5.75 Å². The number of aliphatic imine (C=N–C) groups is 1. The van der Waals surface area contributed by atoms with Crippen molar-refractivity contribution in [3.05, 3.63) is 29.3 Å². The average Bonchev–Trinajstić information content (AvgIpc) is 3.03. The van der Waals surface area contributed by atoms with Crippen LogP contribution in [-0.4, -0.2) is 41.6 Å². The maximum Gasteiger partial charge on any atom is 0.303 e. The third-order valence-corrected chi connectivity index (χ3v) is 4.49. The Balaban J connectivity index is 2.17. The highest BCUT2D eigenvalue weighted by molar-refractivity contribution is 5.83. The number of fused-ring (bicyclic) bond motifs is 1. The molecule has 2 aliphatic rings. The average molecular weight is 353 g/mol. The first kappa shape index (κ1) is 17.6. The van der Waals surface area contributed by atoms with Crippen LogP contribution in [0.25, 0.3) is 0 Å². The van der Waals surface area contributed by atoms with Crippen molar-refractivity contribution in [2.45, 2.75) is 38.5 Å². The molecule has 1 N–H and O–H groups in total. The second-order valence-corrected chi connectivity index (χ2v) is 6.70. The van der Waals surface area contributed by atoms with E-state index in [-0.39, 0.29) is 0 Å². The molecule has 0 radical (unpaired) electrons. The van der Waals surface area contributed by atoms with Crippen molar-refractivity contribution in [2.75, 3.05) is 13.1 Å². The molecule has 0 aliphatic carbocycles. The van der Waals surface area contributed by atoms with E-state index in [1.54, 1.807) is 24.4 Å². The highest BCUT2D eigenvalue weighted by atomic mass is 16.6. The van der Waals surface area contributed by atoms with Gasteiger partial charge in [0.25, 0.3) is 0 Å². The van der Waals surface area contributed by atoms with Crippen LogP contribution in [0.3, 0.4) is 0 Å². The lowest BCUT2D eigenvalue weighted by atomic mass is 9.84. The van der Waals surface area contributed by atoms with Gasteiger partial charge in [-0.05, 0) is 32.0 Å². The number of benzene rings is 1. The van der Waals surface area contributed by atoms with Gasteiger partial charge in [-0.15, -0.1) is 4.99 Å². The summed E-state index contributed by atoms with van der Waals surface area (Å²) in [6.45, 7) is 6.23. The molecule has 2 atom stereocenters. The van der Waals surface area contributed by atoms with E-state index >= 15 is 0 Å². The van der Waals surface area contributed by atoms with E-state index in [1.165, 1.54) is 6.92 Å². The third kappa shape index (κ3) is 3.02. The van der Waals surface area contributed by atoms with Crippen LogP contribution in [0.15, 0.2) is 23.2 Å². The summed E-state index contributed by atoms with van der Waals surface area (Å²) in [6, 6.07) is 6.85. The number of guanidine groups is 1. The Hall–Kier alpha value is -3.26. The number of esters is 1. The van der Waals surface area contributed by atoms with Gasteiger partial charge >= 0.3 is 5.97 Å². The monoisotopic (exact) mass is 353 g/mol. The summed E-state index contributed by atoms with van der Waals surface area (Å²) < 4.78 is 11.7. The SMILES string of the molecule is CC(=O)O[C@H]1[C@H](N2CCNC2=NC#N)c2cc(C#N)ccc2OC1(C)C. The molecule has 2 aliphatic heterocycles. The minimum atomic E-state index is -0.808. The van der Waals surface area contributed by atoms with Crippen LogP contribution in [0.1, 0.15) is 37.9 Å². The second kappa shape index (κ2) is 6.57. The maximum atomic E-state index is 11.8. The molecule has 0 saturated carbocycles. The molecule has 8 nitrogen and oxygen atoms in total. The molecule has 1 saturated heterocycles. The Labute approximate surface area is 151 Å². The van der Waals surface area contributed by atoms with Gasteiger partial charge < -0.3 is 19.7 Å². The molecule has 0 bridgehead atoms. The zero-order valence-corrected chi connectivity index (χ0v) is 14.8.